The number of amides is 1. The lowest BCUT2D eigenvalue weighted by atomic mass is 10.1. The van der Waals surface area contributed by atoms with Crippen LogP contribution in [0.5, 0.6) is 0 Å². The first kappa shape index (κ1) is 17.9. The second-order valence-corrected chi connectivity index (χ2v) is 6.26. The molecule has 0 radical (unpaired) electrons. The van der Waals surface area contributed by atoms with Gasteiger partial charge in [-0.05, 0) is 31.5 Å². The molecule has 0 saturated heterocycles. The molecule has 3 rings (SSSR count). The van der Waals surface area contributed by atoms with Crippen molar-refractivity contribution in [2.24, 2.45) is 0 Å². The number of aryl methyl sites for hydroxylation is 2. The fraction of sp³-hybridized carbons (Fsp3) is 0.286. The van der Waals surface area contributed by atoms with Gasteiger partial charge in [0.15, 0.2) is 0 Å². The average Bonchev–Trinajstić information content (AvgIpc) is 3.14. The van der Waals surface area contributed by atoms with E-state index in [9.17, 15) is 4.79 Å². The van der Waals surface area contributed by atoms with E-state index in [0.717, 1.165) is 11.1 Å². The molecule has 0 aliphatic carbocycles. The molecular formula is C21H23N3O2. The molecule has 1 heterocycles. The van der Waals surface area contributed by atoms with Crippen LogP contribution in [-0.4, -0.2) is 27.5 Å². The highest BCUT2D eigenvalue weighted by Crippen LogP contribution is 2.19. The topological polar surface area (TPSA) is 59.2 Å². The minimum absolute atomic E-state index is 0.0893. The Morgan fingerprint density at radius 1 is 1.04 bits per heavy atom. The number of hydrogen-bond donors (Lipinski definition) is 0. The summed E-state index contributed by atoms with van der Waals surface area (Å²) in [5, 5.41) is 8.15. The number of aromatic nitrogens is 2. The second-order valence-electron chi connectivity index (χ2n) is 6.26. The maximum atomic E-state index is 12.5. The molecule has 26 heavy (non-hydrogen) atoms. The Kier molecular flexibility index (Phi) is 5.79. The van der Waals surface area contributed by atoms with Crippen LogP contribution in [0.15, 0.2) is 59.0 Å². The third kappa shape index (κ3) is 4.57. The zero-order chi connectivity index (χ0) is 18.4. The van der Waals surface area contributed by atoms with E-state index in [1.54, 1.807) is 0 Å². The minimum Gasteiger partial charge on any atom is -0.421 e. The Morgan fingerprint density at radius 3 is 2.46 bits per heavy atom. The van der Waals surface area contributed by atoms with E-state index >= 15 is 0 Å². The van der Waals surface area contributed by atoms with Crippen molar-refractivity contribution in [3.05, 3.63) is 71.6 Å². The molecule has 0 unspecified atom stereocenters. The van der Waals surface area contributed by atoms with Crippen LogP contribution in [0, 0.1) is 6.92 Å². The zero-order valence-corrected chi connectivity index (χ0v) is 15.2. The van der Waals surface area contributed by atoms with E-state index < -0.39 is 0 Å². The molecule has 0 spiro atoms. The van der Waals surface area contributed by atoms with Gasteiger partial charge in [-0.2, -0.15) is 0 Å². The van der Waals surface area contributed by atoms with Gasteiger partial charge in [0.1, 0.15) is 0 Å². The normalized spacial score (nSPS) is 10.7. The molecule has 0 aliphatic rings. The Hall–Kier alpha value is -2.95. The molecule has 0 aliphatic heterocycles. The van der Waals surface area contributed by atoms with Crippen molar-refractivity contribution in [1.29, 1.82) is 0 Å². The van der Waals surface area contributed by atoms with Gasteiger partial charge in [-0.25, -0.2) is 0 Å². The minimum atomic E-state index is 0.0893. The molecule has 134 valence electrons. The van der Waals surface area contributed by atoms with Crippen molar-refractivity contribution in [2.45, 2.75) is 33.2 Å². The molecule has 5 heteroatoms. The molecule has 2 aromatic carbocycles. The van der Waals surface area contributed by atoms with Crippen molar-refractivity contribution < 1.29 is 9.21 Å². The lowest BCUT2D eigenvalue weighted by molar-refractivity contribution is -0.131. The third-order valence-corrected chi connectivity index (χ3v) is 4.27. The molecule has 0 bridgehead atoms. The highest BCUT2D eigenvalue weighted by Gasteiger charge is 2.15. The summed E-state index contributed by atoms with van der Waals surface area (Å²) in [7, 11) is 0. The van der Waals surface area contributed by atoms with Gasteiger partial charge in [-0.15, -0.1) is 10.2 Å². The van der Waals surface area contributed by atoms with Crippen LogP contribution >= 0.6 is 0 Å². The summed E-state index contributed by atoms with van der Waals surface area (Å²) in [6.07, 6.45) is 0.805. The van der Waals surface area contributed by atoms with Crippen LogP contribution in [0.25, 0.3) is 11.5 Å². The Balaban J connectivity index is 1.57. The van der Waals surface area contributed by atoms with Gasteiger partial charge in [-0.1, -0.05) is 48.0 Å². The monoisotopic (exact) mass is 349 g/mol. The number of nitrogens with zero attached hydrogens (tertiary/aromatic N) is 3. The van der Waals surface area contributed by atoms with Gasteiger partial charge >= 0.3 is 0 Å². The highest BCUT2D eigenvalue weighted by atomic mass is 16.4. The van der Waals surface area contributed by atoms with E-state index in [0.29, 0.717) is 37.7 Å². The fourth-order valence-electron chi connectivity index (χ4n) is 2.72. The molecule has 1 aromatic heterocycles. The maximum absolute atomic E-state index is 12.5. The smallest absolute Gasteiger partial charge is 0.247 e. The van der Waals surface area contributed by atoms with Crippen molar-refractivity contribution in [3.63, 3.8) is 0 Å². The van der Waals surface area contributed by atoms with E-state index in [2.05, 4.69) is 10.2 Å². The van der Waals surface area contributed by atoms with Crippen LogP contribution in [-0.2, 0) is 17.8 Å². The van der Waals surface area contributed by atoms with E-state index in [1.807, 2.05) is 73.3 Å². The summed E-state index contributed by atoms with van der Waals surface area (Å²) < 4.78 is 5.70. The van der Waals surface area contributed by atoms with Crippen molar-refractivity contribution in [3.8, 4) is 11.5 Å². The molecule has 0 saturated carbocycles. The van der Waals surface area contributed by atoms with E-state index in [4.69, 9.17) is 4.42 Å². The highest BCUT2D eigenvalue weighted by molar-refractivity contribution is 5.76. The summed E-state index contributed by atoms with van der Waals surface area (Å²) >= 11 is 0. The van der Waals surface area contributed by atoms with Gasteiger partial charge in [0.2, 0.25) is 17.7 Å². The van der Waals surface area contributed by atoms with Crippen molar-refractivity contribution in [2.75, 3.05) is 6.54 Å². The molecular weight excluding hydrogens is 326 g/mol. The first-order valence-electron chi connectivity index (χ1n) is 8.87. The quantitative estimate of drug-likeness (QED) is 0.646. The first-order valence-corrected chi connectivity index (χ1v) is 8.87. The lowest BCUT2D eigenvalue weighted by Gasteiger charge is -2.20. The Bertz CT molecular complexity index is 841. The second kappa shape index (κ2) is 8.43. The largest absolute Gasteiger partial charge is 0.421 e. The first-order chi connectivity index (χ1) is 12.7. The summed E-state index contributed by atoms with van der Waals surface area (Å²) in [4.78, 5) is 14.3. The fourth-order valence-corrected chi connectivity index (χ4v) is 2.72. The van der Waals surface area contributed by atoms with Gasteiger partial charge in [0.25, 0.3) is 0 Å². The molecule has 1 amide bonds. The van der Waals surface area contributed by atoms with Crippen LogP contribution in [0.4, 0.5) is 0 Å². The van der Waals surface area contributed by atoms with Gasteiger partial charge in [-0.3, -0.25) is 4.79 Å². The van der Waals surface area contributed by atoms with E-state index in [-0.39, 0.29) is 5.91 Å². The van der Waals surface area contributed by atoms with Crippen LogP contribution in [0.1, 0.15) is 30.4 Å². The summed E-state index contributed by atoms with van der Waals surface area (Å²) in [6, 6.07) is 17.9. The summed E-state index contributed by atoms with van der Waals surface area (Å²) in [6.45, 7) is 5.31. The van der Waals surface area contributed by atoms with Crippen LogP contribution in [0.3, 0.4) is 0 Å². The number of hydrogen-bond acceptors (Lipinski definition) is 4. The number of benzene rings is 2. The number of carbonyl (C=O) groups is 1. The third-order valence-electron chi connectivity index (χ3n) is 4.27. The Labute approximate surface area is 153 Å². The molecule has 0 atom stereocenters. The van der Waals surface area contributed by atoms with Crippen molar-refractivity contribution in [1.82, 2.24) is 15.1 Å². The predicted octanol–water partition coefficient (Wildman–Crippen LogP) is 4.03. The standard InChI is InChI=1S/C21H23N3O2/c1-3-24(15-17-7-5-4-6-8-17)20(25)14-13-19-22-23-21(26-19)18-11-9-16(2)10-12-18/h4-12H,3,13-15H2,1-2H3. The molecule has 3 aromatic rings. The predicted molar refractivity (Wildman–Crippen MR) is 100 cm³/mol. The van der Waals surface area contributed by atoms with Crippen LogP contribution < -0.4 is 0 Å². The summed E-state index contributed by atoms with van der Waals surface area (Å²) in [5.41, 5.74) is 3.19. The van der Waals surface area contributed by atoms with Gasteiger partial charge in [0.05, 0.1) is 0 Å². The van der Waals surface area contributed by atoms with Crippen molar-refractivity contribution >= 4 is 5.91 Å². The molecule has 0 fully saturated rings. The number of rotatable bonds is 7. The average molecular weight is 349 g/mol. The molecule has 5 nitrogen and oxygen atoms in total. The Morgan fingerprint density at radius 2 is 1.77 bits per heavy atom. The SMILES string of the molecule is CCN(Cc1ccccc1)C(=O)CCc1nnc(-c2ccc(C)cc2)o1. The van der Waals surface area contributed by atoms with Gasteiger partial charge in [0, 0.05) is 31.5 Å². The molecule has 0 N–H and O–H groups in total. The lowest BCUT2D eigenvalue weighted by Crippen LogP contribution is -2.30. The van der Waals surface area contributed by atoms with E-state index in [1.165, 1.54) is 5.56 Å². The zero-order valence-electron chi connectivity index (χ0n) is 15.2. The van der Waals surface area contributed by atoms with Gasteiger partial charge < -0.3 is 9.32 Å². The maximum Gasteiger partial charge on any atom is 0.247 e. The summed E-state index contributed by atoms with van der Waals surface area (Å²) in [5.74, 6) is 1.07. The van der Waals surface area contributed by atoms with Crippen LogP contribution in [0.2, 0.25) is 0 Å². The number of carbonyl (C=O) groups excluding carboxylic acids is 1.